The van der Waals surface area contributed by atoms with Crippen molar-refractivity contribution in [3.05, 3.63) is 57.7 Å². The molecule has 1 N–H and O–H groups in total. The van der Waals surface area contributed by atoms with Crippen LogP contribution in [0.4, 0.5) is 5.69 Å². The molecular formula is C16H13ClN2O3S. The van der Waals surface area contributed by atoms with Crippen molar-refractivity contribution in [2.45, 2.75) is 6.54 Å². The second-order valence-electron chi connectivity index (χ2n) is 4.63. The Morgan fingerprint density at radius 2 is 2.17 bits per heavy atom. The molecule has 3 aromatic rings. The number of aromatic nitrogens is 1. The molecule has 0 radical (unpaired) electrons. The predicted molar refractivity (Wildman–Crippen MR) is 89.9 cm³/mol. The zero-order chi connectivity index (χ0) is 16.2. The topological polar surface area (TPSA) is 64.4 Å². The number of halogens is 1. The van der Waals surface area contributed by atoms with Crippen LogP contribution in [0.3, 0.4) is 0 Å². The molecule has 0 saturated carbocycles. The fraction of sp³-hybridized carbons (Fsp3) is 0.125. The van der Waals surface area contributed by atoms with E-state index in [0.29, 0.717) is 16.8 Å². The molecule has 3 rings (SSSR count). The highest BCUT2D eigenvalue weighted by molar-refractivity contribution is 7.15. The standard InChI is InChI=1S/C16H13ClN2O3S/c1-21-15(20)14-7-6-13(22-14)11-4-2-3-5-12(11)18-8-10-9-19-16(17)23-10/h2-7,9,18H,8H2,1H3. The largest absolute Gasteiger partial charge is 0.463 e. The Morgan fingerprint density at radius 3 is 2.91 bits per heavy atom. The summed E-state index contributed by atoms with van der Waals surface area (Å²) in [5, 5.41) is 3.33. The number of ether oxygens (including phenoxy) is 1. The Balaban J connectivity index is 1.82. The monoisotopic (exact) mass is 348 g/mol. The number of carbonyl (C=O) groups is 1. The summed E-state index contributed by atoms with van der Waals surface area (Å²) in [6.07, 6.45) is 1.74. The molecule has 0 saturated heterocycles. The van der Waals surface area contributed by atoms with Crippen molar-refractivity contribution >= 4 is 34.6 Å². The van der Waals surface area contributed by atoms with Crippen molar-refractivity contribution in [1.82, 2.24) is 4.98 Å². The number of para-hydroxylation sites is 1. The zero-order valence-electron chi connectivity index (χ0n) is 12.2. The van der Waals surface area contributed by atoms with Gasteiger partial charge in [0, 0.05) is 22.3 Å². The molecule has 0 atom stereocenters. The molecule has 1 aromatic carbocycles. The Kier molecular flexibility index (Phi) is 4.64. The first-order valence-electron chi connectivity index (χ1n) is 6.79. The molecule has 0 amide bonds. The van der Waals surface area contributed by atoms with Gasteiger partial charge in [-0.25, -0.2) is 9.78 Å². The van der Waals surface area contributed by atoms with E-state index in [1.165, 1.54) is 18.4 Å². The molecule has 2 heterocycles. The van der Waals surface area contributed by atoms with Crippen molar-refractivity contribution in [3.8, 4) is 11.3 Å². The first-order chi connectivity index (χ1) is 11.2. The molecule has 0 fully saturated rings. The van der Waals surface area contributed by atoms with Crippen molar-refractivity contribution < 1.29 is 13.9 Å². The van der Waals surface area contributed by atoms with Crippen LogP contribution in [0.5, 0.6) is 0 Å². The van der Waals surface area contributed by atoms with Crippen LogP contribution in [0.1, 0.15) is 15.4 Å². The number of methoxy groups -OCH3 is 1. The minimum absolute atomic E-state index is 0.173. The van der Waals surface area contributed by atoms with E-state index in [4.69, 9.17) is 16.0 Å². The summed E-state index contributed by atoms with van der Waals surface area (Å²) in [6, 6.07) is 11.0. The van der Waals surface area contributed by atoms with Crippen molar-refractivity contribution in [2.75, 3.05) is 12.4 Å². The van der Waals surface area contributed by atoms with Crippen LogP contribution >= 0.6 is 22.9 Å². The molecule has 0 spiro atoms. The van der Waals surface area contributed by atoms with E-state index in [1.54, 1.807) is 18.3 Å². The van der Waals surface area contributed by atoms with Gasteiger partial charge in [-0.2, -0.15) is 0 Å². The quantitative estimate of drug-likeness (QED) is 0.690. The molecule has 0 aliphatic rings. The lowest BCUT2D eigenvalue weighted by Crippen LogP contribution is -1.99. The number of rotatable bonds is 5. The number of hydrogen-bond acceptors (Lipinski definition) is 6. The summed E-state index contributed by atoms with van der Waals surface area (Å²) < 4.78 is 10.7. The van der Waals surface area contributed by atoms with E-state index < -0.39 is 5.97 Å². The van der Waals surface area contributed by atoms with Gasteiger partial charge in [0.05, 0.1) is 13.7 Å². The summed E-state index contributed by atoms with van der Waals surface area (Å²) in [5.41, 5.74) is 1.75. The smallest absolute Gasteiger partial charge is 0.373 e. The average molecular weight is 349 g/mol. The molecule has 0 bridgehead atoms. The summed E-state index contributed by atoms with van der Waals surface area (Å²) >= 11 is 7.26. The molecule has 23 heavy (non-hydrogen) atoms. The maximum Gasteiger partial charge on any atom is 0.373 e. The van der Waals surface area contributed by atoms with E-state index in [2.05, 4.69) is 15.0 Å². The third-order valence-corrected chi connectivity index (χ3v) is 4.28. The summed E-state index contributed by atoms with van der Waals surface area (Å²) in [4.78, 5) is 16.5. The highest BCUT2D eigenvalue weighted by Crippen LogP contribution is 2.30. The van der Waals surface area contributed by atoms with Crippen molar-refractivity contribution in [2.24, 2.45) is 0 Å². The van der Waals surface area contributed by atoms with Gasteiger partial charge in [-0.1, -0.05) is 23.7 Å². The number of furan rings is 1. The second kappa shape index (κ2) is 6.85. The minimum Gasteiger partial charge on any atom is -0.463 e. The van der Waals surface area contributed by atoms with Gasteiger partial charge in [0.15, 0.2) is 4.47 Å². The molecule has 7 heteroatoms. The van der Waals surface area contributed by atoms with Gasteiger partial charge in [0.1, 0.15) is 5.76 Å². The van der Waals surface area contributed by atoms with Gasteiger partial charge in [-0.3, -0.25) is 0 Å². The number of esters is 1. The Labute approximate surface area is 141 Å². The number of nitrogens with zero attached hydrogens (tertiary/aromatic N) is 1. The number of thiazole rings is 1. The Hall–Kier alpha value is -2.31. The highest BCUT2D eigenvalue weighted by atomic mass is 35.5. The highest BCUT2D eigenvalue weighted by Gasteiger charge is 2.14. The fourth-order valence-corrected chi connectivity index (χ4v) is 3.01. The molecular weight excluding hydrogens is 336 g/mol. The van der Waals surface area contributed by atoms with Crippen LogP contribution < -0.4 is 5.32 Å². The molecule has 0 aliphatic heterocycles. The third kappa shape index (κ3) is 3.55. The normalized spacial score (nSPS) is 10.5. The number of hydrogen-bond donors (Lipinski definition) is 1. The van der Waals surface area contributed by atoms with Crippen LogP contribution in [0.25, 0.3) is 11.3 Å². The average Bonchev–Trinajstić information content (AvgIpc) is 3.21. The molecule has 0 unspecified atom stereocenters. The van der Waals surface area contributed by atoms with Crippen LogP contribution in [0.15, 0.2) is 47.0 Å². The maximum atomic E-state index is 11.5. The Bertz CT molecular complexity index is 828. The van der Waals surface area contributed by atoms with Gasteiger partial charge in [-0.15, -0.1) is 11.3 Å². The van der Waals surface area contributed by atoms with Crippen molar-refractivity contribution in [1.29, 1.82) is 0 Å². The number of anilines is 1. The second-order valence-corrected chi connectivity index (χ2v) is 6.33. The van der Waals surface area contributed by atoms with Gasteiger partial charge >= 0.3 is 5.97 Å². The summed E-state index contributed by atoms with van der Waals surface area (Å²) in [5.74, 6) is 0.267. The van der Waals surface area contributed by atoms with E-state index >= 15 is 0 Å². The predicted octanol–water partition coefficient (Wildman–Crippen LogP) is 4.46. The Morgan fingerprint density at radius 1 is 1.35 bits per heavy atom. The van der Waals surface area contributed by atoms with E-state index in [9.17, 15) is 4.79 Å². The van der Waals surface area contributed by atoms with Crippen LogP contribution in [-0.2, 0) is 11.3 Å². The van der Waals surface area contributed by atoms with Gasteiger partial charge in [0.25, 0.3) is 0 Å². The third-order valence-electron chi connectivity index (χ3n) is 3.16. The lowest BCUT2D eigenvalue weighted by Gasteiger charge is -2.09. The first-order valence-corrected chi connectivity index (χ1v) is 7.98. The maximum absolute atomic E-state index is 11.5. The minimum atomic E-state index is -0.499. The van der Waals surface area contributed by atoms with E-state index in [0.717, 1.165) is 16.1 Å². The summed E-state index contributed by atoms with van der Waals surface area (Å²) in [7, 11) is 1.32. The zero-order valence-corrected chi connectivity index (χ0v) is 13.8. The molecule has 2 aromatic heterocycles. The summed E-state index contributed by atoms with van der Waals surface area (Å²) in [6.45, 7) is 0.603. The van der Waals surface area contributed by atoms with E-state index in [-0.39, 0.29) is 5.76 Å². The van der Waals surface area contributed by atoms with Gasteiger partial charge < -0.3 is 14.5 Å². The fourth-order valence-electron chi connectivity index (χ4n) is 2.09. The van der Waals surface area contributed by atoms with Crippen molar-refractivity contribution in [3.63, 3.8) is 0 Å². The SMILES string of the molecule is COC(=O)c1ccc(-c2ccccc2NCc2cnc(Cl)s2)o1. The van der Waals surface area contributed by atoms with E-state index in [1.807, 2.05) is 24.3 Å². The van der Waals surface area contributed by atoms with Gasteiger partial charge in [0.2, 0.25) is 5.76 Å². The molecule has 0 aliphatic carbocycles. The molecule has 118 valence electrons. The number of benzene rings is 1. The first kappa shape index (κ1) is 15.6. The lowest BCUT2D eigenvalue weighted by molar-refractivity contribution is 0.0566. The lowest BCUT2D eigenvalue weighted by atomic mass is 10.1. The number of nitrogens with one attached hydrogen (secondary N) is 1. The number of carbonyl (C=O) groups excluding carboxylic acids is 1. The van der Waals surface area contributed by atoms with Crippen LogP contribution in [0.2, 0.25) is 4.47 Å². The van der Waals surface area contributed by atoms with Crippen LogP contribution in [0, 0.1) is 0 Å². The van der Waals surface area contributed by atoms with Gasteiger partial charge in [-0.05, 0) is 24.3 Å². The molecule has 5 nitrogen and oxygen atoms in total. The van der Waals surface area contributed by atoms with Crippen LogP contribution in [-0.4, -0.2) is 18.1 Å².